The first kappa shape index (κ1) is 17.8. The summed E-state index contributed by atoms with van der Waals surface area (Å²) >= 11 is 0. The molecular formula is C15H21N5O4S. The van der Waals surface area contributed by atoms with Crippen LogP contribution in [0, 0.1) is 12.8 Å². The Morgan fingerprint density at radius 2 is 2.20 bits per heavy atom. The molecule has 0 aliphatic carbocycles. The number of hydrogen-bond acceptors (Lipinski definition) is 6. The third kappa shape index (κ3) is 3.51. The van der Waals surface area contributed by atoms with Crippen LogP contribution in [0.3, 0.4) is 0 Å². The summed E-state index contributed by atoms with van der Waals surface area (Å²) in [5.41, 5.74) is 1.73. The first-order chi connectivity index (χ1) is 11.8. The minimum absolute atomic E-state index is 0.0691. The fourth-order valence-electron chi connectivity index (χ4n) is 2.80. The average molecular weight is 367 g/mol. The van der Waals surface area contributed by atoms with Gasteiger partial charge in [0.05, 0.1) is 42.5 Å². The molecular weight excluding hydrogens is 346 g/mol. The number of ether oxygens (including phenoxy) is 1. The molecule has 2 atom stereocenters. The Bertz CT molecular complexity index is 892. The summed E-state index contributed by atoms with van der Waals surface area (Å²) in [6.07, 6.45) is 3.12. The number of nitrogens with one attached hydrogen (secondary N) is 1. The molecule has 3 heterocycles. The number of rotatable bonds is 5. The maximum Gasteiger partial charge on any atom is 0.255 e. The summed E-state index contributed by atoms with van der Waals surface area (Å²) in [6, 6.07) is 1.39. The molecule has 1 saturated heterocycles. The van der Waals surface area contributed by atoms with Gasteiger partial charge in [-0.15, -0.1) is 0 Å². The smallest absolute Gasteiger partial charge is 0.255 e. The predicted octanol–water partition coefficient (Wildman–Crippen LogP) is -0.326. The van der Waals surface area contributed by atoms with E-state index in [0.717, 1.165) is 0 Å². The van der Waals surface area contributed by atoms with Crippen LogP contribution in [0.1, 0.15) is 16.1 Å². The molecule has 0 saturated carbocycles. The highest BCUT2D eigenvalue weighted by Crippen LogP contribution is 2.18. The van der Waals surface area contributed by atoms with Gasteiger partial charge in [-0.05, 0) is 6.92 Å². The van der Waals surface area contributed by atoms with E-state index in [2.05, 4.69) is 15.4 Å². The third-order valence-electron chi connectivity index (χ3n) is 4.40. The number of nitrogens with zero attached hydrogens (tertiary/aromatic N) is 4. The molecule has 0 aromatic carbocycles. The lowest BCUT2D eigenvalue weighted by Crippen LogP contribution is -2.43. The van der Waals surface area contributed by atoms with Crippen LogP contribution in [0.4, 0.5) is 0 Å². The normalized spacial score (nSPS) is 21.1. The molecule has 1 aliphatic rings. The van der Waals surface area contributed by atoms with Gasteiger partial charge in [0.15, 0.2) is 5.65 Å². The van der Waals surface area contributed by atoms with Gasteiger partial charge in [0, 0.05) is 32.3 Å². The second-order valence-corrected chi connectivity index (χ2v) is 8.52. The molecule has 0 spiro atoms. The maximum atomic E-state index is 12.6. The van der Waals surface area contributed by atoms with Crippen molar-refractivity contribution in [1.82, 2.24) is 24.2 Å². The zero-order chi connectivity index (χ0) is 18.2. The Hall–Kier alpha value is -2.04. The highest BCUT2D eigenvalue weighted by Gasteiger charge is 2.34. The zero-order valence-corrected chi connectivity index (χ0v) is 15.2. The van der Waals surface area contributed by atoms with Crippen molar-refractivity contribution >= 4 is 21.6 Å². The standard InChI is InChI=1S/C15H21N5O4S/c1-10-12(6-16-14-4-5-17-20(10)14)15(21)18-13-8-24-7-11(13)9-25(22,23)19(2)3/h4-6,11,13H,7-9H2,1-3H3,(H,18,21)/t11-,13+/m0/s1. The van der Waals surface area contributed by atoms with Crippen LogP contribution in [0.5, 0.6) is 0 Å². The van der Waals surface area contributed by atoms with E-state index in [4.69, 9.17) is 4.74 Å². The number of aryl methyl sites for hydroxylation is 1. The number of carbonyl (C=O) groups is 1. The Balaban J connectivity index is 1.76. The number of aromatic nitrogens is 3. The lowest BCUT2D eigenvalue weighted by atomic mass is 10.1. The highest BCUT2D eigenvalue weighted by atomic mass is 32.2. The van der Waals surface area contributed by atoms with E-state index in [-0.39, 0.29) is 30.2 Å². The van der Waals surface area contributed by atoms with Crippen molar-refractivity contribution in [3.05, 3.63) is 29.7 Å². The van der Waals surface area contributed by atoms with E-state index < -0.39 is 10.0 Å². The molecule has 10 heteroatoms. The number of hydrogen-bond donors (Lipinski definition) is 1. The minimum Gasteiger partial charge on any atom is -0.379 e. The van der Waals surface area contributed by atoms with Crippen LogP contribution >= 0.6 is 0 Å². The van der Waals surface area contributed by atoms with Gasteiger partial charge in [-0.1, -0.05) is 0 Å². The molecule has 136 valence electrons. The molecule has 1 fully saturated rings. The molecule has 0 radical (unpaired) electrons. The molecule has 2 aromatic rings. The topological polar surface area (TPSA) is 106 Å². The van der Waals surface area contributed by atoms with E-state index in [1.165, 1.54) is 24.6 Å². The lowest BCUT2D eigenvalue weighted by Gasteiger charge is -2.21. The summed E-state index contributed by atoms with van der Waals surface area (Å²) in [7, 11) is -0.383. The van der Waals surface area contributed by atoms with Gasteiger partial charge in [-0.3, -0.25) is 4.79 Å². The van der Waals surface area contributed by atoms with E-state index in [0.29, 0.717) is 23.5 Å². The number of amides is 1. The van der Waals surface area contributed by atoms with Crippen molar-refractivity contribution < 1.29 is 17.9 Å². The second-order valence-electron chi connectivity index (χ2n) is 6.30. The van der Waals surface area contributed by atoms with Gasteiger partial charge in [0.25, 0.3) is 5.91 Å². The molecule has 9 nitrogen and oxygen atoms in total. The van der Waals surface area contributed by atoms with Crippen molar-refractivity contribution in [2.24, 2.45) is 5.92 Å². The number of fused-ring (bicyclic) bond motifs is 1. The van der Waals surface area contributed by atoms with Crippen molar-refractivity contribution in [1.29, 1.82) is 0 Å². The molecule has 3 rings (SSSR count). The number of carbonyl (C=O) groups excluding carboxylic acids is 1. The summed E-state index contributed by atoms with van der Waals surface area (Å²) in [5.74, 6) is -0.677. The maximum absolute atomic E-state index is 12.6. The fraction of sp³-hybridized carbons (Fsp3) is 0.533. The van der Waals surface area contributed by atoms with Gasteiger partial charge in [0.2, 0.25) is 10.0 Å². The van der Waals surface area contributed by atoms with E-state index >= 15 is 0 Å². The number of sulfonamides is 1. The van der Waals surface area contributed by atoms with Gasteiger partial charge < -0.3 is 10.1 Å². The Morgan fingerprint density at radius 1 is 1.44 bits per heavy atom. The monoisotopic (exact) mass is 367 g/mol. The quantitative estimate of drug-likeness (QED) is 0.776. The summed E-state index contributed by atoms with van der Waals surface area (Å²) in [4.78, 5) is 16.8. The van der Waals surface area contributed by atoms with Crippen LogP contribution in [-0.2, 0) is 14.8 Å². The molecule has 0 bridgehead atoms. The predicted molar refractivity (Wildman–Crippen MR) is 90.8 cm³/mol. The van der Waals surface area contributed by atoms with Crippen LogP contribution in [-0.4, -0.2) is 72.3 Å². The van der Waals surface area contributed by atoms with Gasteiger partial charge in [-0.2, -0.15) is 5.10 Å². The van der Waals surface area contributed by atoms with Crippen molar-refractivity contribution in [2.75, 3.05) is 33.1 Å². The van der Waals surface area contributed by atoms with E-state index in [1.54, 1.807) is 23.7 Å². The van der Waals surface area contributed by atoms with E-state index in [9.17, 15) is 13.2 Å². The Kier molecular flexibility index (Phi) is 4.76. The van der Waals surface area contributed by atoms with Crippen molar-refractivity contribution in [3.63, 3.8) is 0 Å². The first-order valence-electron chi connectivity index (χ1n) is 7.88. The third-order valence-corrected chi connectivity index (χ3v) is 6.36. The average Bonchev–Trinajstić information content (AvgIpc) is 3.17. The minimum atomic E-state index is -3.37. The molecule has 0 unspecified atom stereocenters. The van der Waals surface area contributed by atoms with E-state index in [1.807, 2.05) is 0 Å². The van der Waals surface area contributed by atoms with Gasteiger partial charge in [-0.25, -0.2) is 22.2 Å². The first-order valence-corrected chi connectivity index (χ1v) is 9.48. The summed E-state index contributed by atoms with van der Waals surface area (Å²) < 4.78 is 32.4. The van der Waals surface area contributed by atoms with Crippen LogP contribution in [0.2, 0.25) is 0 Å². The zero-order valence-electron chi connectivity index (χ0n) is 14.3. The SMILES string of the molecule is Cc1c(C(=O)N[C@@H]2COC[C@H]2CS(=O)(=O)N(C)C)cnc2ccnn12. The van der Waals surface area contributed by atoms with Crippen LogP contribution in [0.25, 0.3) is 5.65 Å². The summed E-state index contributed by atoms with van der Waals surface area (Å²) in [5, 5.41) is 7.02. The molecule has 1 amide bonds. The van der Waals surface area contributed by atoms with Gasteiger partial charge in [0.1, 0.15) is 0 Å². The van der Waals surface area contributed by atoms with Crippen LogP contribution < -0.4 is 5.32 Å². The second kappa shape index (κ2) is 6.70. The van der Waals surface area contributed by atoms with Crippen LogP contribution in [0.15, 0.2) is 18.5 Å². The van der Waals surface area contributed by atoms with Crippen molar-refractivity contribution in [2.45, 2.75) is 13.0 Å². The molecule has 1 aliphatic heterocycles. The Morgan fingerprint density at radius 3 is 2.92 bits per heavy atom. The summed E-state index contributed by atoms with van der Waals surface area (Å²) in [6.45, 7) is 2.37. The molecule has 1 N–H and O–H groups in total. The lowest BCUT2D eigenvalue weighted by molar-refractivity contribution is 0.0924. The fourth-order valence-corrected chi connectivity index (χ4v) is 3.97. The largest absolute Gasteiger partial charge is 0.379 e. The van der Waals surface area contributed by atoms with Crippen molar-refractivity contribution in [3.8, 4) is 0 Å². The molecule has 25 heavy (non-hydrogen) atoms. The Labute approximate surface area is 146 Å². The highest BCUT2D eigenvalue weighted by molar-refractivity contribution is 7.89. The van der Waals surface area contributed by atoms with Gasteiger partial charge >= 0.3 is 0 Å². The molecule has 2 aromatic heterocycles.